The molecule has 0 aliphatic heterocycles. The van der Waals surface area contributed by atoms with E-state index in [1.165, 1.54) is 18.3 Å². The lowest BCUT2D eigenvalue weighted by atomic mass is 10.2. The molecule has 0 fully saturated rings. The van der Waals surface area contributed by atoms with Crippen LogP contribution in [0, 0.1) is 18.6 Å². The zero-order valence-electron chi connectivity index (χ0n) is 10.4. The van der Waals surface area contributed by atoms with Gasteiger partial charge in [-0.15, -0.1) is 11.3 Å². The van der Waals surface area contributed by atoms with E-state index in [2.05, 4.69) is 15.3 Å². The fourth-order valence-electron chi connectivity index (χ4n) is 1.84. The number of anilines is 3. The lowest BCUT2D eigenvalue weighted by molar-refractivity contribution is 0.595. The van der Waals surface area contributed by atoms with E-state index < -0.39 is 11.6 Å². The fraction of sp³-hybridized carbons (Fsp3) is 0.0769. The van der Waals surface area contributed by atoms with E-state index in [0.29, 0.717) is 16.0 Å². The van der Waals surface area contributed by atoms with Gasteiger partial charge in [0.15, 0.2) is 0 Å². The summed E-state index contributed by atoms with van der Waals surface area (Å²) in [5, 5.41) is 5.31. The second kappa shape index (κ2) is 4.68. The summed E-state index contributed by atoms with van der Waals surface area (Å²) in [5.74, 6) is -0.603. The van der Waals surface area contributed by atoms with Gasteiger partial charge >= 0.3 is 0 Å². The molecule has 2 heterocycles. The van der Waals surface area contributed by atoms with Crippen LogP contribution in [0.4, 0.5) is 26.2 Å². The number of nitrogens with one attached hydrogen (secondary N) is 1. The van der Waals surface area contributed by atoms with Crippen molar-refractivity contribution in [2.24, 2.45) is 0 Å². The molecule has 0 aliphatic carbocycles. The van der Waals surface area contributed by atoms with Gasteiger partial charge in [-0.1, -0.05) is 0 Å². The molecule has 3 N–H and O–H groups in total. The van der Waals surface area contributed by atoms with E-state index in [1.807, 2.05) is 5.38 Å². The summed E-state index contributed by atoms with van der Waals surface area (Å²) in [6.07, 6.45) is 0. The lowest BCUT2D eigenvalue weighted by Gasteiger charge is -2.09. The van der Waals surface area contributed by atoms with Crippen molar-refractivity contribution in [3.8, 4) is 0 Å². The first kappa shape index (κ1) is 12.7. The normalized spacial score (nSPS) is 10.9. The number of aromatic nitrogens is 2. The molecule has 1 aromatic carbocycles. The first-order valence-electron chi connectivity index (χ1n) is 5.78. The molecule has 0 saturated heterocycles. The topological polar surface area (TPSA) is 63.8 Å². The van der Waals surface area contributed by atoms with Crippen LogP contribution in [-0.4, -0.2) is 9.97 Å². The zero-order chi connectivity index (χ0) is 14.3. The van der Waals surface area contributed by atoms with Crippen molar-refractivity contribution in [1.82, 2.24) is 9.97 Å². The van der Waals surface area contributed by atoms with Crippen LogP contribution >= 0.6 is 11.3 Å². The minimum atomic E-state index is -0.551. The third-order valence-corrected chi connectivity index (χ3v) is 3.65. The number of nitrogen functional groups attached to an aromatic ring is 1. The third kappa shape index (κ3) is 2.16. The Hall–Kier alpha value is -2.28. The Kier molecular flexibility index (Phi) is 2.98. The third-order valence-electron chi connectivity index (χ3n) is 2.84. The van der Waals surface area contributed by atoms with E-state index in [1.54, 1.807) is 6.07 Å². The highest BCUT2D eigenvalue weighted by atomic mass is 32.1. The van der Waals surface area contributed by atoms with Gasteiger partial charge < -0.3 is 11.1 Å². The predicted molar refractivity (Wildman–Crippen MR) is 76.2 cm³/mol. The Bertz CT molecular complexity index is 800. The molecule has 0 saturated carbocycles. The number of benzene rings is 1. The summed E-state index contributed by atoms with van der Waals surface area (Å²) in [6.45, 7) is 1.50. The lowest BCUT2D eigenvalue weighted by Crippen LogP contribution is -2.02. The summed E-state index contributed by atoms with van der Waals surface area (Å²) in [6, 6.07) is 4.03. The molecule has 4 nitrogen and oxygen atoms in total. The second-order valence-electron chi connectivity index (χ2n) is 4.28. The molecule has 102 valence electrons. The average molecular weight is 292 g/mol. The number of hydrogen-bond acceptors (Lipinski definition) is 5. The summed E-state index contributed by atoms with van der Waals surface area (Å²) in [4.78, 5) is 8.79. The Labute approximate surface area is 117 Å². The van der Waals surface area contributed by atoms with Crippen LogP contribution in [-0.2, 0) is 0 Å². The smallest absolute Gasteiger partial charge is 0.223 e. The van der Waals surface area contributed by atoms with Crippen molar-refractivity contribution in [3.63, 3.8) is 0 Å². The molecule has 0 amide bonds. The maximum Gasteiger partial charge on any atom is 0.223 e. The minimum Gasteiger partial charge on any atom is -0.368 e. The average Bonchev–Trinajstić information content (AvgIpc) is 2.84. The fourth-order valence-corrected chi connectivity index (χ4v) is 2.61. The number of thiophene rings is 1. The molecule has 3 rings (SSSR count). The first-order valence-corrected chi connectivity index (χ1v) is 6.66. The number of hydrogen-bond donors (Lipinski definition) is 2. The summed E-state index contributed by atoms with van der Waals surface area (Å²) < 4.78 is 27.4. The molecule has 0 radical (unpaired) electrons. The Balaban J connectivity index is 2.09. The molecular formula is C13H10F2N4S. The van der Waals surface area contributed by atoms with Crippen LogP contribution in [0.25, 0.3) is 10.2 Å². The first-order chi connectivity index (χ1) is 9.54. The molecule has 0 aliphatic rings. The number of nitrogens with zero attached hydrogens (tertiary/aromatic N) is 2. The summed E-state index contributed by atoms with van der Waals surface area (Å²) in [7, 11) is 0. The maximum atomic E-state index is 13.8. The summed E-state index contributed by atoms with van der Waals surface area (Å²) in [5.41, 5.74) is 5.87. The minimum absolute atomic E-state index is 0.0127. The molecular weight excluding hydrogens is 282 g/mol. The highest BCUT2D eigenvalue weighted by Crippen LogP contribution is 2.29. The zero-order valence-corrected chi connectivity index (χ0v) is 11.3. The largest absolute Gasteiger partial charge is 0.368 e. The maximum absolute atomic E-state index is 13.8. The van der Waals surface area contributed by atoms with Gasteiger partial charge in [0.1, 0.15) is 22.3 Å². The molecule has 20 heavy (non-hydrogen) atoms. The van der Waals surface area contributed by atoms with Crippen LogP contribution in [0.3, 0.4) is 0 Å². The van der Waals surface area contributed by atoms with Gasteiger partial charge in [0, 0.05) is 6.07 Å². The molecule has 0 spiro atoms. The van der Waals surface area contributed by atoms with E-state index in [9.17, 15) is 8.78 Å². The quantitative estimate of drug-likeness (QED) is 0.757. The molecule has 2 aromatic heterocycles. The SMILES string of the molecule is Cc1cc(F)c(Nc2nc(N)nc3sccc23)cc1F. The van der Waals surface area contributed by atoms with Crippen molar-refractivity contribution in [2.45, 2.75) is 6.92 Å². The number of aryl methyl sites for hydroxylation is 1. The van der Waals surface area contributed by atoms with Gasteiger partial charge in [-0.2, -0.15) is 4.98 Å². The standard InChI is InChI=1S/C13H10F2N4S/c1-6-4-9(15)10(5-8(6)14)17-11-7-2-3-20-12(7)19-13(16)18-11/h2-5H,1H3,(H3,16,17,18,19). The van der Waals surface area contributed by atoms with E-state index in [-0.39, 0.29) is 17.2 Å². The molecule has 0 atom stereocenters. The van der Waals surface area contributed by atoms with Crippen molar-refractivity contribution < 1.29 is 8.78 Å². The molecule has 7 heteroatoms. The van der Waals surface area contributed by atoms with Crippen LogP contribution in [0.5, 0.6) is 0 Å². The number of halogens is 2. The molecule has 0 bridgehead atoms. The highest BCUT2D eigenvalue weighted by Gasteiger charge is 2.12. The van der Waals surface area contributed by atoms with E-state index >= 15 is 0 Å². The van der Waals surface area contributed by atoms with Crippen LogP contribution in [0.15, 0.2) is 23.6 Å². The van der Waals surface area contributed by atoms with Crippen molar-refractivity contribution in [1.29, 1.82) is 0 Å². The van der Waals surface area contributed by atoms with Crippen molar-refractivity contribution >= 4 is 39.0 Å². The van der Waals surface area contributed by atoms with Gasteiger partial charge in [-0.05, 0) is 30.0 Å². The number of nitrogens with two attached hydrogens (primary N) is 1. The van der Waals surface area contributed by atoms with E-state index in [0.717, 1.165) is 12.1 Å². The van der Waals surface area contributed by atoms with Gasteiger partial charge in [-0.3, -0.25) is 0 Å². The van der Waals surface area contributed by atoms with Crippen molar-refractivity contribution in [3.05, 3.63) is 40.8 Å². The van der Waals surface area contributed by atoms with Crippen LogP contribution in [0.2, 0.25) is 0 Å². The monoisotopic (exact) mass is 292 g/mol. The van der Waals surface area contributed by atoms with Gasteiger partial charge in [0.05, 0.1) is 11.1 Å². The van der Waals surface area contributed by atoms with Crippen LogP contribution in [0.1, 0.15) is 5.56 Å². The Morgan fingerprint density at radius 3 is 2.80 bits per heavy atom. The van der Waals surface area contributed by atoms with E-state index in [4.69, 9.17) is 5.73 Å². The second-order valence-corrected chi connectivity index (χ2v) is 5.17. The highest BCUT2D eigenvalue weighted by molar-refractivity contribution is 7.16. The van der Waals surface area contributed by atoms with Gasteiger partial charge in [0.25, 0.3) is 0 Å². The summed E-state index contributed by atoms with van der Waals surface area (Å²) >= 11 is 1.40. The predicted octanol–water partition coefficient (Wildman–Crippen LogP) is 3.60. The van der Waals surface area contributed by atoms with Crippen molar-refractivity contribution in [2.75, 3.05) is 11.1 Å². The number of fused-ring (bicyclic) bond motifs is 1. The number of rotatable bonds is 2. The Morgan fingerprint density at radius 2 is 2.00 bits per heavy atom. The van der Waals surface area contributed by atoms with Gasteiger partial charge in [0.2, 0.25) is 5.95 Å². The van der Waals surface area contributed by atoms with Crippen LogP contribution < -0.4 is 11.1 Å². The Morgan fingerprint density at radius 1 is 1.20 bits per heavy atom. The van der Waals surface area contributed by atoms with Gasteiger partial charge in [-0.25, -0.2) is 13.8 Å². The molecule has 3 aromatic rings. The molecule has 0 unspecified atom stereocenters.